The minimum absolute atomic E-state index is 0.0158. The van der Waals surface area contributed by atoms with Crippen molar-refractivity contribution in [2.24, 2.45) is 0 Å². The molecule has 1 aromatic heterocycles. The van der Waals surface area contributed by atoms with E-state index < -0.39 is 0 Å². The first-order chi connectivity index (χ1) is 8.06. The fourth-order valence-electron chi connectivity index (χ4n) is 1.89. The van der Waals surface area contributed by atoms with Crippen molar-refractivity contribution < 1.29 is 9.53 Å². The lowest BCUT2D eigenvalue weighted by atomic mass is 10.0. The molecule has 17 heavy (non-hydrogen) atoms. The molecule has 3 nitrogen and oxygen atoms in total. The highest BCUT2D eigenvalue weighted by molar-refractivity contribution is 9.12. The maximum atomic E-state index is 12.1. The van der Waals surface area contributed by atoms with Gasteiger partial charge in [0.05, 0.1) is 19.2 Å². The van der Waals surface area contributed by atoms with Crippen molar-refractivity contribution in [3.8, 4) is 0 Å². The van der Waals surface area contributed by atoms with Crippen LogP contribution in [0.2, 0.25) is 0 Å². The lowest BCUT2D eigenvalue weighted by Crippen LogP contribution is -2.41. The van der Waals surface area contributed by atoms with Crippen LogP contribution in [0.15, 0.2) is 13.6 Å². The lowest BCUT2D eigenvalue weighted by Gasteiger charge is -2.27. The van der Waals surface area contributed by atoms with Crippen LogP contribution in [0.3, 0.4) is 0 Å². The molecule has 1 fully saturated rings. The largest absolute Gasteiger partial charge is 0.378 e. The quantitative estimate of drug-likeness (QED) is 0.848. The number of nitrogens with one attached hydrogen (secondary N) is 1. The summed E-state index contributed by atoms with van der Waals surface area (Å²) < 4.78 is 7.27. The third kappa shape index (κ3) is 3.53. The Morgan fingerprint density at radius 1 is 1.59 bits per heavy atom. The van der Waals surface area contributed by atoms with Crippen LogP contribution in [-0.4, -0.2) is 24.7 Å². The SMILES string of the molecule is CC1CC(NC(=O)c2cc(Br)sc2Br)CCO1. The third-order valence-electron chi connectivity index (χ3n) is 2.72. The van der Waals surface area contributed by atoms with Crippen LogP contribution in [0.1, 0.15) is 30.1 Å². The summed E-state index contributed by atoms with van der Waals surface area (Å²) in [5, 5.41) is 3.06. The van der Waals surface area contributed by atoms with E-state index in [4.69, 9.17) is 4.74 Å². The number of rotatable bonds is 2. The van der Waals surface area contributed by atoms with Crippen molar-refractivity contribution in [3.05, 3.63) is 19.2 Å². The number of hydrogen-bond donors (Lipinski definition) is 1. The predicted octanol–water partition coefficient (Wildman–Crippen LogP) is 3.57. The van der Waals surface area contributed by atoms with Crippen molar-refractivity contribution in [1.82, 2.24) is 5.32 Å². The maximum absolute atomic E-state index is 12.1. The molecule has 0 aliphatic carbocycles. The first-order valence-corrected chi connectivity index (χ1v) is 7.84. The fraction of sp³-hybridized carbons (Fsp3) is 0.545. The Hall–Kier alpha value is 0.0900. The molecule has 1 aromatic rings. The molecule has 0 bridgehead atoms. The molecule has 1 aliphatic heterocycles. The van der Waals surface area contributed by atoms with Gasteiger partial charge in [-0.25, -0.2) is 0 Å². The first-order valence-electron chi connectivity index (χ1n) is 5.43. The zero-order chi connectivity index (χ0) is 12.4. The number of carbonyl (C=O) groups is 1. The summed E-state index contributed by atoms with van der Waals surface area (Å²) in [4.78, 5) is 12.1. The van der Waals surface area contributed by atoms with Gasteiger partial charge in [-0.2, -0.15) is 0 Å². The number of hydrogen-bond acceptors (Lipinski definition) is 3. The van der Waals surface area contributed by atoms with Gasteiger partial charge in [-0.15, -0.1) is 11.3 Å². The highest BCUT2D eigenvalue weighted by atomic mass is 79.9. The van der Waals surface area contributed by atoms with Gasteiger partial charge in [0.15, 0.2) is 0 Å². The Labute approximate surface area is 121 Å². The number of thiophene rings is 1. The van der Waals surface area contributed by atoms with Gasteiger partial charge in [0.1, 0.15) is 0 Å². The fourth-order valence-corrected chi connectivity index (χ4v) is 4.68. The first kappa shape index (κ1) is 13.5. The summed E-state index contributed by atoms with van der Waals surface area (Å²) in [7, 11) is 0. The van der Waals surface area contributed by atoms with Gasteiger partial charge < -0.3 is 10.1 Å². The zero-order valence-electron chi connectivity index (χ0n) is 9.33. The molecular weight excluding hydrogens is 370 g/mol. The summed E-state index contributed by atoms with van der Waals surface area (Å²) in [5.74, 6) is -0.0158. The minimum Gasteiger partial charge on any atom is -0.378 e. The van der Waals surface area contributed by atoms with Crippen molar-refractivity contribution in [3.63, 3.8) is 0 Å². The van der Waals surface area contributed by atoms with Gasteiger partial charge in [0.2, 0.25) is 0 Å². The number of halogens is 2. The van der Waals surface area contributed by atoms with Crippen LogP contribution in [0.25, 0.3) is 0 Å². The third-order valence-corrected chi connectivity index (χ3v) is 5.06. The normalized spacial score (nSPS) is 24.6. The Bertz CT molecular complexity index is 422. The summed E-state index contributed by atoms with van der Waals surface area (Å²) in [6.07, 6.45) is 2.00. The highest BCUT2D eigenvalue weighted by Gasteiger charge is 2.22. The number of amides is 1. The monoisotopic (exact) mass is 381 g/mol. The van der Waals surface area contributed by atoms with Crippen LogP contribution in [-0.2, 0) is 4.74 Å². The van der Waals surface area contributed by atoms with Crippen molar-refractivity contribution >= 4 is 49.1 Å². The van der Waals surface area contributed by atoms with Gasteiger partial charge in [-0.3, -0.25) is 4.79 Å². The standard InChI is InChI=1S/C11H13Br2NO2S/c1-6-4-7(2-3-16-6)14-11(15)8-5-9(12)17-10(8)13/h5-7H,2-4H2,1H3,(H,14,15). The Morgan fingerprint density at radius 2 is 2.35 bits per heavy atom. The smallest absolute Gasteiger partial charge is 0.253 e. The topological polar surface area (TPSA) is 38.3 Å². The Balaban J connectivity index is 1.99. The second-order valence-corrected chi connectivity index (χ2v) is 7.86. The Kier molecular flexibility index (Phi) is 4.63. The van der Waals surface area contributed by atoms with Crippen molar-refractivity contribution in [2.75, 3.05) is 6.61 Å². The second kappa shape index (κ2) is 5.82. The van der Waals surface area contributed by atoms with E-state index in [0.29, 0.717) is 5.56 Å². The molecule has 1 amide bonds. The van der Waals surface area contributed by atoms with E-state index in [1.54, 1.807) is 0 Å². The van der Waals surface area contributed by atoms with E-state index in [1.807, 2.05) is 13.0 Å². The average Bonchev–Trinajstić information content (AvgIpc) is 2.58. The summed E-state index contributed by atoms with van der Waals surface area (Å²) in [6, 6.07) is 2.06. The van der Waals surface area contributed by atoms with Crippen LogP contribution in [0.4, 0.5) is 0 Å². The van der Waals surface area contributed by atoms with Crippen LogP contribution >= 0.6 is 43.2 Å². The van der Waals surface area contributed by atoms with E-state index in [9.17, 15) is 4.79 Å². The average molecular weight is 383 g/mol. The van der Waals surface area contributed by atoms with Gasteiger partial charge in [0, 0.05) is 12.6 Å². The molecule has 1 N–H and O–H groups in total. The van der Waals surface area contributed by atoms with E-state index in [-0.39, 0.29) is 18.1 Å². The molecule has 0 saturated carbocycles. The summed E-state index contributed by atoms with van der Waals surface area (Å²) >= 11 is 8.28. The zero-order valence-corrected chi connectivity index (χ0v) is 13.3. The molecular formula is C11H13Br2NO2S. The molecule has 1 saturated heterocycles. The molecule has 6 heteroatoms. The van der Waals surface area contributed by atoms with Gasteiger partial charge >= 0.3 is 0 Å². The van der Waals surface area contributed by atoms with E-state index in [2.05, 4.69) is 37.2 Å². The van der Waals surface area contributed by atoms with Crippen LogP contribution in [0.5, 0.6) is 0 Å². The Morgan fingerprint density at radius 3 is 2.94 bits per heavy atom. The lowest BCUT2D eigenvalue weighted by molar-refractivity contribution is 0.0136. The van der Waals surface area contributed by atoms with Crippen LogP contribution < -0.4 is 5.32 Å². The molecule has 0 aromatic carbocycles. The van der Waals surface area contributed by atoms with Crippen molar-refractivity contribution in [1.29, 1.82) is 0 Å². The molecule has 94 valence electrons. The minimum atomic E-state index is -0.0158. The second-order valence-electron chi connectivity index (χ2n) is 4.11. The predicted molar refractivity (Wildman–Crippen MR) is 75.6 cm³/mol. The number of ether oxygens (including phenoxy) is 1. The molecule has 0 radical (unpaired) electrons. The van der Waals surface area contributed by atoms with Gasteiger partial charge in [-0.05, 0) is 57.7 Å². The summed E-state index contributed by atoms with van der Waals surface area (Å²) in [5.41, 5.74) is 0.695. The molecule has 2 rings (SSSR count). The van der Waals surface area contributed by atoms with E-state index >= 15 is 0 Å². The molecule has 1 aliphatic rings. The molecule has 2 unspecified atom stereocenters. The summed E-state index contributed by atoms with van der Waals surface area (Å²) in [6.45, 7) is 2.76. The highest BCUT2D eigenvalue weighted by Crippen LogP contribution is 2.32. The van der Waals surface area contributed by atoms with E-state index in [0.717, 1.165) is 27.0 Å². The number of carbonyl (C=O) groups excluding carboxylic acids is 1. The van der Waals surface area contributed by atoms with Gasteiger partial charge in [-0.1, -0.05) is 0 Å². The van der Waals surface area contributed by atoms with Crippen molar-refractivity contribution in [2.45, 2.75) is 31.9 Å². The molecule has 0 spiro atoms. The maximum Gasteiger partial charge on any atom is 0.253 e. The van der Waals surface area contributed by atoms with E-state index in [1.165, 1.54) is 11.3 Å². The van der Waals surface area contributed by atoms with Crippen LogP contribution in [0, 0.1) is 0 Å². The molecule has 2 heterocycles. The van der Waals surface area contributed by atoms with Gasteiger partial charge in [0.25, 0.3) is 5.91 Å². The molecule has 2 atom stereocenters.